The van der Waals surface area contributed by atoms with E-state index in [0.717, 1.165) is 31.6 Å². The Labute approximate surface area is 98.9 Å². The normalized spacial score (nSPS) is 29.2. The number of rotatable bonds is 4. The molecule has 4 heteroatoms. The lowest BCUT2D eigenvalue weighted by atomic mass is 9.79. The van der Waals surface area contributed by atoms with Crippen molar-refractivity contribution in [2.75, 3.05) is 41.3 Å². The van der Waals surface area contributed by atoms with E-state index in [0.29, 0.717) is 11.8 Å². The standard InChI is InChI=1S/C12H25N3O/c1-14(2)8-10-6-5-7-11(9-15(3)4)12(10)13-16/h10-11,16H,5-9H2,1-4H3/t10-,11+. The van der Waals surface area contributed by atoms with Crippen LogP contribution in [0.15, 0.2) is 5.16 Å². The molecule has 1 N–H and O–H groups in total. The summed E-state index contributed by atoms with van der Waals surface area (Å²) in [7, 11) is 8.30. The first-order valence-electron chi connectivity index (χ1n) is 6.06. The Hall–Kier alpha value is -0.610. The van der Waals surface area contributed by atoms with Gasteiger partial charge in [-0.15, -0.1) is 0 Å². The van der Waals surface area contributed by atoms with E-state index in [1.165, 1.54) is 6.42 Å². The van der Waals surface area contributed by atoms with Crippen LogP contribution in [0.5, 0.6) is 0 Å². The second kappa shape index (κ2) is 6.21. The molecule has 94 valence electrons. The van der Waals surface area contributed by atoms with E-state index < -0.39 is 0 Å². The van der Waals surface area contributed by atoms with E-state index in [9.17, 15) is 5.21 Å². The Morgan fingerprint density at radius 3 is 1.81 bits per heavy atom. The van der Waals surface area contributed by atoms with E-state index in [1.807, 2.05) is 0 Å². The molecule has 0 unspecified atom stereocenters. The van der Waals surface area contributed by atoms with Gasteiger partial charge >= 0.3 is 0 Å². The molecule has 2 atom stereocenters. The largest absolute Gasteiger partial charge is 0.411 e. The first kappa shape index (κ1) is 13.5. The molecule has 4 nitrogen and oxygen atoms in total. The zero-order chi connectivity index (χ0) is 12.1. The highest BCUT2D eigenvalue weighted by Gasteiger charge is 2.30. The van der Waals surface area contributed by atoms with Gasteiger partial charge < -0.3 is 15.0 Å². The van der Waals surface area contributed by atoms with Crippen molar-refractivity contribution in [2.24, 2.45) is 17.0 Å². The third-order valence-corrected chi connectivity index (χ3v) is 3.23. The van der Waals surface area contributed by atoms with Gasteiger partial charge in [0.2, 0.25) is 0 Å². The molecule has 1 rings (SSSR count). The highest BCUT2D eigenvalue weighted by Crippen LogP contribution is 2.27. The third kappa shape index (κ3) is 3.76. The van der Waals surface area contributed by atoms with Gasteiger partial charge in [0.25, 0.3) is 0 Å². The number of oxime groups is 1. The molecule has 0 heterocycles. The van der Waals surface area contributed by atoms with E-state index in [1.54, 1.807) is 0 Å². The Bertz CT molecular complexity index is 218. The average molecular weight is 227 g/mol. The zero-order valence-corrected chi connectivity index (χ0v) is 11.0. The van der Waals surface area contributed by atoms with Gasteiger partial charge in [-0.1, -0.05) is 11.6 Å². The van der Waals surface area contributed by atoms with Crippen LogP contribution in [-0.4, -0.2) is 62.0 Å². The summed E-state index contributed by atoms with van der Waals surface area (Å²) in [6, 6.07) is 0. The minimum absolute atomic E-state index is 0.429. The molecule has 0 amide bonds. The predicted octanol–water partition coefficient (Wildman–Crippen LogP) is 1.36. The van der Waals surface area contributed by atoms with Crippen LogP contribution in [0.1, 0.15) is 19.3 Å². The van der Waals surface area contributed by atoms with Gasteiger partial charge in [-0.05, 0) is 41.0 Å². The molecule has 1 fully saturated rings. The van der Waals surface area contributed by atoms with Gasteiger partial charge in [0.05, 0.1) is 5.71 Å². The van der Waals surface area contributed by atoms with Crippen LogP contribution >= 0.6 is 0 Å². The van der Waals surface area contributed by atoms with Gasteiger partial charge in [0.1, 0.15) is 0 Å². The molecule has 0 radical (unpaired) electrons. The van der Waals surface area contributed by atoms with Crippen LogP contribution in [0.3, 0.4) is 0 Å². The lowest BCUT2D eigenvalue weighted by Crippen LogP contribution is -2.39. The minimum atomic E-state index is 0.429. The molecule has 0 saturated heterocycles. The SMILES string of the molecule is CN(C)C[C@H]1CCC[C@@H](CN(C)C)C1=NO. The molecule has 0 aromatic heterocycles. The number of hydrogen-bond acceptors (Lipinski definition) is 4. The maximum Gasteiger partial charge on any atom is 0.0657 e. The van der Waals surface area contributed by atoms with Crippen LogP contribution in [-0.2, 0) is 0 Å². The van der Waals surface area contributed by atoms with Crippen LogP contribution in [0.2, 0.25) is 0 Å². The molecule has 0 aromatic carbocycles. The van der Waals surface area contributed by atoms with Crippen LogP contribution in [0.4, 0.5) is 0 Å². The summed E-state index contributed by atoms with van der Waals surface area (Å²) in [5.74, 6) is 0.859. The molecule has 1 aliphatic carbocycles. The van der Waals surface area contributed by atoms with Crippen LogP contribution in [0.25, 0.3) is 0 Å². The van der Waals surface area contributed by atoms with Crippen molar-refractivity contribution in [3.63, 3.8) is 0 Å². The second-order valence-electron chi connectivity index (χ2n) is 5.37. The van der Waals surface area contributed by atoms with Gasteiger partial charge in [0, 0.05) is 24.9 Å². The third-order valence-electron chi connectivity index (χ3n) is 3.23. The molecule has 0 spiro atoms. The van der Waals surface area contributed by atoms with E-state index >= 15 is 0 Å². The molecule has 0 bridgehead atoms. The highest BCUT2D eigenvalue weighted by atomic mass is 16.4. The molecular formula is C12H25N3O. The van der Waals surface area contributed by atoms with Crippen molar-refractivity contribution < 1.29 is 5.21 Å². The van der Waals surface area contributed by atoms with Crippen LogP contribution in [0, 0.1) is 11.8 Å². The minimum Gasteiger partial charge on any atom is -0.411 e. The maximum atomic E-state index is 9.21. The monoisotopic (exact) mass is 227 g/mol. The Morgan fingerprint density at radius 2 is 1.50 bits per heavy atom. The highest BCUT2D eigenvalue weighted by molar-refractivity contribution is 5.89. The Balaban J connectivity index is 2.66. The smallest absolute Gasteiger partial charge is 0.0657 e. The molecule has 0 aliphatic heterocycles. The summed E-state index contributed by atoms with van der Waals surface area (Å²) in [6.45, 7) is 1.98. The first-order valence-corrected chi connectivity index (χ1v) is 6.06. The van der Waals surface area contributed by atoms with Crippen LogP contribution < -0.4 is 0 Å². The summed E-state index contributed by atoms with van der Waals surface area (Å²) in [5.41, 5.74) is 1.01. The molecule has 1 aliphatic rings. The zero-order valence-electron chi connectivity index (χ0n) is 11.0. The van der Waals surface area contributed by atoms with Crippen molar-refractivity contribution in [2.45, 2.75) is 19.3 Å². The van der Waals surface area contributed by atoms with E-state index in [4.69, 9.17) is 0 Å². The fourth-order valence-corrected chi connectivity index (χ4v) is 2.65. The van der Waals surface area contributed by atoms with Gasteiger partial charge in [-0.3, -0.25) is 0 Å². The topological polar surface area (TPSA) is 39.1 Å². The predicted molar refractivity (Wildman–Crippen MR) is 67.2 cm³/mol. The molecule has 16 heavy (non-hydrogen) atoms. The molecule has 1 saturated carbocycles. The van der Waals surface area contributed by atoms with Gasteiger partial charge in [-0.25, -0.2) is 0 Å². The van der Waals surface area contributed by atoms with Crippen molar-refractivity contribution >= 4 is 5.71 Å². The summed E-state index contributed by atoms with van der Waals surface area (Å²) >= 11 is 0. The van der Waals surface area contributed by atoms with Crippen molar-refractivity contribution in [1.82, 2.24) is 9.80 Å². The molecular weight excluding hydrogens is 202 g/mol. The lowest BCUT2D eigenvalue weighted by Gasteiger charge is -2.33. The Morgan fingerprint density at radius 1 is 1.06 bits per heavy atom. The summed E-state index contributed by atoms with van der Waals surface area (Å²) in [6.07, 6.45) is 3.55. The fraction of sp³-hybridized carbons (Fsp3) is 0.917. The fourth-order valence-electron chi connectivity index (χ4n) is 2.65. The second-order valence-corrected chi connectivity index (χ2v) is 5.37. The van der Waals surface area contributed by atoms with Gasteiger partial charge in [-0.2, -0.15) is 0 Å². The first-order chi connectivity index (χ1) is 7.54. The molecule has 0 aromatic rings. The lowest BCUT2D eigenvalue weighted by molar-refractivity contribution is 0.265. The number of hydrogen-bond donors (Lipinski definition) is 1. The maximum absolute atomic E-state index is 9.21. The van der Waals surface area contributed by atoms with E-state index in [-0.39, 0.29) is 0 Å². The van der Waals surface area contributed by atoms with Crippen molar-refractivity contribution in [3.05, 3.63) is 0 Å². The van der Waals surface area contributed by atoms with Crippen molar-refractivity contribution in [1.29, 1.82) is 0 Å². The summed E-state index contributed by atoms with van der Waals surface area (Å²) in [5, 5.41) is 12.8. The summed E-state index contributed by atoms with van der Waals surface area (Å²) < 4.78 is 0. The van der Waals surface area contributed by atoms with E-state index in [2.05, 4.69) is 43.1 Å². The Kier molecular flexibility index (Phi) is 5.22. The number of nitrogens with zero attached hydrogens (tertiary/aromatic N) is 3. The quantitative estimate of drug-likeness (QED) is 0.582. The average Bonchev–Trinajstić information content (AvgIpc) is 2.16. The van der Waals surface area contributed by atoms with Gasteiger partial charge in [0.15, 0.2) is 0 Å². The van der Waals surface area contributed by atoms with Crippen molar-refractivity contribution in [3.8, 4) is 0 Å². The summed E-state index contributed by atoms with van der Waals surface area (Å²) in [4.78, 5) is 4.35.